The molecule has 2 aromatic heterocycles. The first-order valence-corrected chi connectivity index (χ1v) is 5.37. The van der Waals surface area contributed by atoms with E-state index in [1.54, 1.807) is 11.0 Å². The van der Waals surface area contributed by atoms with E-state index in [2.05, 4.69) is 22.1 Å². The molecule has 0 amide bonds. The Bertz CT molecular complexity index is 450. The number of rotatable bonds is 4. The summed E-state index contributed by atoms with van der Waals surface area (Å²) in [6.45, 7) is 5.54. The lowest BCUT2D eigenvalue weighted by molar-refractivity contribution is 0.539. The largest absolute Gasteiger partial charge is 0.382 e. The van der Waals surface area contributed by atoms with Crippen LogP contribution in [0.4, 0.5) is 5.82 Å². The van der Waals surface area contributed by atoms with Gasteiger partial charge < -0.3 is 5.73 Å². The van der Waals surface area contributed by atoms with E-state index in [-0.39, 0.29) is 0 Å². The molecule has 2 rings (SSSR count). The van der Waals surface area contributed by atoms with Crippen LogP contribution in [0.5, 0.6) is 0 Å². The van der Waals surface area contributed by atoms with Gasteiger partial charge in [0.15, 0.2) is 0 Å². The lowest BCUT2D eigenvalue weighted by Crippen LogP contribution is -2.10. The van der Waals surface area contributed by atoms with E-state index >= 15 is 0 Å². The number of nitrogens with zero attached hydrogens (tertiary/aromatic N) is 5. The summed E-state index contributed by atoms with van der Waals surface area (Å²) in [5.41, 5.74) is 6.68. The zero-order chi connectivity index (χ0) is 11.5. The van der Waals surface area contributed by atoms with Gasteiger partial charge in [-0.3, -0.25) is 4.68 Å². The standard InChI is InChI=1S/C10H16N6/c1-3-4-16-9(12-7-13-16)6-15-5-8(2)10(11)14-15/h5,7H,3-4,6H2,1-2H3,(H2,11,14). The van der Waals surface area contributed by atoms with Crippen molar-refractivity contribution in [3.8, 4) is 0 Å². The summed E-state index contributed by atoms with van der Waals surface area (Å²) >= 11 is 0. The molecule has 0 unspecified atom stereocenters. The van der Waals surface area contributed by atoms with Crippen molar-refractivity contribution in [1.82, 2.24) is 24.5 Å². The Hall–Kier alpha value is -1.85. The number of hydrogen-bond donors (Lipinski definition) is 1. The highest BCUT2D eigenvalue weighted by Crippen LogP contribution is 2.08. The topological polar surface area (TPSA) is 74.5 Å². The minimum atomic E-state index is 0.571. The number of hydrogen-bond acceptors (Lipinski definition) is 4. The van der Waals surface area contributed by atoms with Crippen LogP contribution in [0, 0.1) is 6.92 Å². The molecule has 16 heavy (non-hydrogen) atoms. The van der Waals surface area contributed by atoms with Crippen molar-refractivity contribution >= 4 is 5.82 Å². The Labute approximate surface area is 94.1 Å². The molecular weight excluding hydrogens is 204 g/mol. The Morgan fingerprint density at radius 2 is 2.25 bits per heavy atom. The van der Waals surface area contributed by atoms with Crippen LogP contribution < -0.4 is 5.73 Å². The minimum absolute atomic E-state index is 0.571. The average Bonchev–Trinajstić information content (AvgIpc) is 2.77. The van der Waals surface area contributed by atoms with Crippen LogP contribution in [0.1, 0.15) is 24.7 Å². The molecule has 2 aromatic rings. The number of aryl methyl sites for hydroxylation is 2. The van der Waals surface area contributed by atoms with Gasteiger partial charge in [-0.25, -0.2) is 9.67 Å². The summed E-state index contributed by atoms with van der Waals surface area (Å²) in [7, 11) is 0. The third kappa shape index (κ3) is 2.05. The van der Waals surface area contributed by atoms with Crippen molar-refractivity contribution in [2.75, 3.05) is 5.73 Å². The average molecular weight is 220 g/mol. The maximum atomic E-state index is 5.69. The summed E-state index contributed by atoms with van der Waals surface area (Å²) in [5, 5.41) is 8.36. The van der Waals surface area contributed by atoms with Gasteiger partial charge in [-0.2, -0.15) is 10.2 Å². The number of aromatic nitrogens is 5. The Balaban J connectivity index is 2.16. The summed E-state index contributed by atoms with van der Waals surface area (Å²) in [6, 6.07) is 0. The fourth-order valence-corrected chi connectivity index (χ4v) is 1.57. The molecular formula is C10H16N6. The van der Waals surface area contributed by atoms with Gasteiger partial charge in [0.1, 0.15) is 24.5 Å². The van der Waals surface area contributed by atoms with E-state index in [4.69, 9.17) is 5.73 Å². The first kappa shape index (κ1) is 10.7. The van der Waals surface area contributed by atoms with Crippen molar-refractivity contribution in [2.45, 2.75) is 33.4 Å². The molecule has 0 fully saturated rings. The van der Waals surface area contributed by atoms with E-state index in [1.165, 1.54) is 0 Å². The van der Waals surface area contributed by atoms with Crippen molar-refractivity contribution < 1.29 is 0 Å². The zero-order valence-electron chi connectivity index (χ0n) is 9.59. The van der Waals surface area contributed by atoms with Gasteiger partial charge in [0.05, 0.1) is 0 Å². The van der Waals surface area contributed by atoms with Gasteiger partial charge in [-0.05, 0) is 13.3 Å². The summed E-state index contributed by atoms with van der Waals surface area (Å²) in [5.74, 6) is 1.48. The molecule has 2 heterocycles. The molecule has 0 bridgehead atoms. The predicted molar refractivity (Wildman–Crippen MR) is 60.8 cm³/mol. The molecule has 0 aliphatic heterocycles. The maximum Gasteiger partial charge on any atom is 0.148 e. The zero-order valence-corrected chi connectivity index (χ0v) is 9.59. The second-order valence-electron chi connectivity index (χ2n) is 3.79. The molecule has 0 aliphatic carbocycles. The molecule has 0 aliphatic rings. The second-order valence-corrected chi connectivity index (χ2v) is 3.79. The highest BCUT2D eigenvalue weighted by molar-refractivity contribution is 5.35. The van der Waals surface area contributed by atoms with E-state index < -0.39 is 0 Å². The van der Waals surface area contributed by atoms with Gasteiger partial charge in [-0.1, -0.05) is 6.92 Å². The summed E-state index contributed by atoms with van der Waals surface area (Å²) < 4.78 is 3.69. The maximum absolute atomic E-state index is 5.69. The fourth-order valence-electron chi connectivity index (χ4n) is 1.57. The van der Waals surface area contributed by atoms with Gasteiger partial charge in [-0.15, -0.1) is 0 Å². The van der Waals surface area contributed by atoms with Gasteiger partial charge >= 0.3 is 0 Å². The molecule has 86 valence electrons. The molecule has 0 saturated heterocycles. The first-order valence-electron chi connectivity index (χ1n) is 5.37. The Kier molecular flexibility index (Phi) is 2.89. The van der Waals surface area contributed by atoms with E-state index in [9.17, 15) is 0 Å². The molecule has 0 spiro atoms. The van der Waals surface area contributed by atoms with Crippen LogP contribution >= 0.6 is 0 Å². The molecule has 0 atom stereocenters. The van der Waals surface area contributed by atoms with Crippen LogP contribution in [-0.2, 0) is 13.1 Å². The second kappa shape index (κ2) is 4.34. The Morgan fingerprint density at radius 1 is 1.44 bits per heavy atom. The van der Waals surface area contributed by atoms with E-state index in [0.29, 0.717) is 12.4 Å². The fraction of sp³-hybridized carbons (Fsp3) is 0.500. The minimum Gasteiger partial charge on any atom is -0.382 e. The normalized spacial score (nSPS) is 10.9. The van der Waals surface area contributed by atoms with Crippen molar-refractivity contribution in [2.24, 2.45) is 0 Å². The van der Waals surface area contributed by atoms with Crippen LogP contribution in [0.15, 0.2) is 12.5 Å². The third-order valence-corrected chi connectivity index (χ3v) is 2.42. The number of anilines is 1. The first-order chi connectivity index (χ1) is 7.70. The van der Waals surface area contributed by atoms with E-state index in [1.807, 2.05) is 17.8 Å². The van der Waals surface area contributed by atoms with Gasteiger partial charge in [0.25, 0.3) is 0 Å². The van der Waals surface area contributed by atoms with Crippen LogP contribution in [-0.4, -0.2) is 24.5 Å². The third-order valence-electron chi connectivity index (χ3n) is 2.42. The molecule has 6 heteroatoms. The molecule has 2 N–H and O–H groups in total. The van der Waals surface area contributed by atoms with Crippen molar-refractivity contribution in [3.63, 3.8) is 0 Å². The highest BCUT2D eigenvalue weighted by Gasteiger charge is 2.06. The molecule has 6 nitrogen and oxygen atoms in total. The predicted octanol–water partition coefficient (Wildman–Crippen LogP) is 0.824. The summed E-state index contributed by atoms with van der Waals surface area (Å²) in [4.78, 5) is 4.22. The van der Waals surface area contributed by atoms with Gasteiger partial charge in [0.2, 0.25) is 0 Å². The Morgan fingerprint density at radius 3 is 2.88 bits per heavy atom. The summed E-state index contributed by atoms with van der Waals surface area (Å²) in [6.07, 6.45) is 4.53. The lowest BCUT2D eigenvalue weighted by Gasteiger charge is -2.03. The monoisotopic (exact) mass is 220 g/mol. The quantitative estimate of drug-likeness (QED) is 0.828. The molecule has 0 radical (unpaired) electrons. The number of nitrogen functional groups attached to an aromatic ring is 1. The molecule has 0 aromatic carbocycles. The van der Waals surface area contributed by atoms with Crippen LogP contribution in [0.3, 0.4) is 0 Å². The van der Waals surface area contributed by atoms with Crippen LogP contribution in [0.2, 0.25) is 0 Å². The van der Waals surface area contributed by atoms with Gasteiger partial charge in [0, 0.05) is 18.3 Å². The highest BCUT2D eigenvalue weighted by atomic mass is 15.4. The smallest absolute Gasteiger partial charge is 0.148 e. The van der Waals surface area contributed by atoms with Crippen LogP contribution in [0.25, 0.3) is 0 Å². The number of nitrogens with two attached hydrogens (primary N) is 1. The lowest BCUT2D eigenvalue weighted by atomic mass is 10.4. The molecule has 0 saturated carbocycles. The van der Waals surface area contributed by atoms with E-state index in [0.717, 1.165) is 24.4 Å². The van der Waals surface area contributed by atoms with Crippen molar-refractivity contribution in [1.29, 1.82) is 0 Å². The SMILES string of the molecule is CCCn1ncnc1Cn1cc(C)c(N)n1. The van der Waals surface area contributed by atoms with Crippen molar-refractivity contribution in [3.05, 3.63) is 23.9 Å².